The summed E-state index contributed by atoms with van der Waals surface area (Å²) in [7, 11) is 0. The Bertz CT molecular complexity index is 369. The summed E-state index contributed by atoms with van der Waals surface area (Å²) < 4.78 is 24.4. The molecular formula is C15H24FNO2. The standard InChI is InChI=1S/C15H24FNO2/c1-11(2)10-18-7-8-19-15(12(3)17)13-5-4-6-14(16)9-13/h4-6,9,11-12,15H,7-8,10,17H2,1-3H3. The monoisotopic (exact) mass is 269 g/mol. The summed E-state index contributed by atoms with van der Waals surface area (Å²) in [5, 5.41) is 0. The molecule has 0 saturated heterocycles. The van der Waals surface area contributed by atoms with E-state index in [1.165, 1.54) is 12.1 Å². The third-order valence-corrected chi connectivity index (χ3v) is 2.63. The van der Waals surface area contributed by atoms with Gasteiger partial charge in [0.1, 0.15) is 5.82 Å². The minimum absolute atomic E-state index is 0.202. The van der Waals surface area contributed by atoms with E-state index in [2.05, 4.69) is 13.8 Å². The predicted molar refractivity (Wildman–Crippen MR) is 74.4 cm³/mol. The molecule has 0 heterocycles. The van der Waals surface area contributed by atoms with E-state index in [4.69, 9.17) is 15.2 Å². The zero-order chi connectivity index (χ0) is 14.3. The summed E-state index contributed by atoms with van der Waals surface area (Å²) in [6, 6.07) is 6.16. The second kappa shape index (κ2) is 8.25. The highest BCUT2D eigenvalue weighted by molar-refractivity contribution is 5.20. The molecule has 4 heteroatoms. The van der Waals surface area contributed by atoms with Crippen molar-refractivity contribution in [1.29, 1.82) is 0 Å². The lowest BCUT2D eigenvalue weighted by molar-refractivity contribution is -0.00968. The first-order valence-electron chi connectivity index (χ1n) is 6.71. The average Bonchev–Trinajstić information content (AvgIpc) is 2.32. The summed E-state index contributed by atoms with van der Waals surface area (Å²) in [5.74, 6) is 0.232. The molecule has 0 fully saturated rings. The van der Waals surface area contributed by atoms with E-state index in [0.717, 1.165) is 5.56 Å². The van der Waals surface area contributed by atoms with Crippen LogP contribution in [0.1, 0.15) is 32.4 Å². The highest BCUT2D eigenvalue weighted by Crippen LogP contribution is 2.20. The zero-order valence-corrected chi connectivity index (χ0v) is 11.9. The molecule has 2 unspecified atom stereocenters. The van der Waals surface area contributed by atoms with E-state index < -0.39 is 0 Å². The maximum Gasteiger partial charge on any atom is 0.123 e. The molecule has 0 aliphatic rings. The summed E-state index contributed by atoms with van der Waals surface area (Å²) in [6.07, 6.45) is -0.307. The van der Waals surface area contributed by atoms with E-state index >= 15 is 0 Å². The highest BCUT2D eigenvalue weighted by Gasteiger charge is 2.17. The van der Waals surface area contributed by atoms with Gasteiger partial charge in [0.15, 0.2) is 0 Å². The Morgan fingerprint density at radius 2 is 1.95 bits per heavy atom. The van der Waals surface area contributed by atoms with Crippen LogP contribution in [0.25, 0.3) is 0 Å². The van der Waals surface area contributed by atoms with Crippen molar-refractivity contribution >= 4 is 0 Å². The number of nitrogens with two attached hydrogens (primary N) is 1. The Hall–Kier alpha value is -0.970. The molecule has 0 bridgehead atoms. The number of benzene rings is 1. The van der Waals surface area contributed by atoms with E-state index in [9.17, 15) is 4.39 Å². The topological polar surface area (TPSA) is 44.5 Å². The van der Waals surface area contributed by atoms with Gasteiger partial charge in [0.25, 0.3) is 0 Å². The number of halogens is 1. The smallest absolute Gasteiger partial charge is 0.123 e. The van der Waals surface area contributed by atoms with Crippen LogP contribution in [0.2, 0.25) is 0 Å². The molecule has 1 aromatic carbocycles. The summed E-state index contributed by atoms with van der Waals surface area (Å²) >= 11 is 0. The quantitative estimate of drug-likeness (QED) is 0.738. The predicted octanol–water partition coefficient (Wildman–Crippen LogP) is 2.90. The third-order valence-electron chi connectivity index (χ3n) is 2.63. The number of rotatable bonds is 8. The van der Waals surface area contributed by atoms with Gasteiger partial charge in [-0.1, -0.05) is 26.0 Å². The van der Waals surface area contributed by atoms with Gasteiger partial charge in [-0.05, 0) is 30.5 Å². The maximum atomic E-state index is 13.2. The molecule has 19 heavy (non-hydrogen) atoms. The molecule has 0 aromatic heterocycles. The molecule has 108 valence electrons. The Labute approximate surface area is 114 Å². The molecule has 2 atom stereocenters. The summed E-state index contributed by atoms with van der Waals surface area (Å²) in [6.45, 7) is 7.74. The van der Waals surface area contributed by atoms with Crippen LogP contribution in [0.5, 0.6) is 0 Å². The lowest BCUT2D eigenvalue weighted by Gasteiger charge is -2.22. The van der Waals surface area contributed by atoms with E-state index in [-0.39, 0.29) is 18.0 Å². The molecule has 3 nitrogen and oxygen atoms in total. The van der Waals surface area contributed by atoms with E-state index in [1.54, 1.807) is 6.07 Å². The molecule has 0 amide bonds. The largest absolute Gasteiger partial charge is 0.379 e. The van der Waals surface area contributed by atoms with Gasteiger partial charge in [-0.3, -0.25) is 0 Å². The fraction of sp³-hybridized carbons (Fsp3) is 0.600. The second-order valence-corrected chi connectivity index (χ2v) is 5.17. The lowest BCUT2D eigenvalue weighted by atomic mass is 10.0. The first-order chi connectivity index (χ1) is 9.00. The van der Waals surface area contributed by atoms with Crippen molar-refractivity contribution in [3.63, 3.8) is 0 Å². The van der Waals surface area contributed by atoms with Gasteiger partial charge in [0.2, 0.25) is 0 Å². The van der Waals surface area contributed by atoms with Crippen molar-refractivity contribution in [2.45, 2.75) is 32.9 Å². The molecule has 0 aliphatic heterocycles. The van der Waals surface area contributed by atoms with Gasteiger partial charge in [-0.2, -0.15) is 0 Å². The molecular weight excluding hydrogens is 245 g/mol. The van der Waals surface area contributed by atoms with Crippen LogP contribution >= 0.6 is 0 Å². The Morgan fingerprint density at radius 1 is 1.21 bits per heavy atom. The molecule has 0 aliphatic carbocycles. The van der Waals surface area contributed by atoms with Crippen molar-refractivity contribution in [2.24, 2.45) is 11.7 Å². The minimum Gasteiger partial charge on any atom is -0.379 e. The SMILES string of the molecule is CC(C)COCCOC(c1cccc(F)c1)C(C)N. The molecule has 1 rings (SSSR count). The third kappa shape index (κ3) is 6.14. The molecule has 0 saturated carbocycles. The van der Waals surface area contributed by atoms with Crippen molar-refractivity contribution in [1.82, 2.24) is 0 Å². The van der Waals surface area contributed by atoms with Crippen LogP contribution in [0.4, 0.5) is 4.39 Å². The van der Waals surface area contributed by atoms with Crippen LogP contribution in [-0.2, 0) is 9.47 Å². The first kappa shape index (κ1) is 16.1. The number of ether oxygens (including phenoxy) is 2. The van der Waals surface area contributed by atoms with Crippen LogP contribution in [0.15, 0.2) is 24.3 Å². The van der Waals surface area contributed by atoms with Crippen molar-refractivity contribution in [2.75, 3.05) is 19.8 Å². The maximum absolute atomic E-state index is 13.2. The van der Waals surface area contributed by atoms with Crippen molar-refractivity contribution in [3.05, 3.63) is 35.6 Å². The molecule has 0 radical (unpaired) electrons. The van der Waals surface area contributed by atoms with Gasteiger partial charge in [0, 0.05) is 12.6 Å². The van der Waals surface area contributed by atoms with Crippen LogP contribution in [0.3, 0.4) is 0 Å². The van der Waals surface area contributed by atoms with Crippen molar-refractivity contribution in [3.8, 4) is 0 Å². The minimum atomic E-state index is -0.307. The van der Waals surface area contributed by atoms with Crippen molar-refractivity contribution < 1.29 is 13.9 Å². The normalized spacial score (nSPS) is 14.6. The average molecular weight is 269 g/mol. The van der Waals surface area contributed by atoms with Gasteiger partial charge in [-0.25, -0.2) is 4.39 Å². The van der Waals surface area contributed by atoms with E-state index in [1.807, 2.05) is 13.0 Å². The zero-order valence-electron chi connectivity index (χ0n) is 11.9. The summed E-state index contributed by atoms with van der Waals surface area (Å²) in [4.78, 5) is 0. The summed E-state index contributed by atoms with van der Waals surface area (Å²) in [5.41, 5.74) is 6.66. The fourth-order valence-corrected chi connectivity index (χ4v) is 1.79. The van der Waals surface area contributed by atoms with Gasteiger partial charge < -0.3 is 15.2 Å². The first-order valence-corrected chi connectivity index (χ1v) is 6.71. The molecule has 2 N–H and O–H groups in total. The Balaban J connectivity index is 2.46. The highest BCUT2D eigenvalue weighted by atomic mass is 19.1. The molecule has 1 aromatic rings. The number of hydrogen-bond donors (Lipinski definition) is 1. The Kier molecular flexibility index (Phi) is 6.99. The van der Waals surface area contributed by atoms with Gasteiger partial charge in [0.05, 0.1) is 19.3 Å². The van der Waals surface area contributed by atoms with Crippen LogP contribution < -0.4 is 5.73 Å². The van der Waals surface area contributed by atoms with E-state index in [0.29, 0.717) is 25.7 Å². The van der Waals surface area contributed by atoms with Gasteiger partial charge in [-0.15, -0.1) is 0 Å². The fourth-order valence-electron chi connectivity index (χ4n) is 1.79. The van der Waals surface area contributed by atoms with Crippen LogP contribution in [-0.4, -0.2) is 25.9 Å². The molecule has 0 spiro atoms. The second-order valence-electron chi connectivity index (χ2n) is 5.17. The van der Waals surface area contributed by atoms with Crippen LogP contribution in [0, 0.1) is 11.7 Å². The number of hydrogen-bond acceptors (Lipinski definition) is 3. The lowest BCUT2D eigenvalue weighted by Crippen LogP contribution is -2.28. The Morgan fingerprint density at radius 3 is 2.53 bits per heavy atom. The van der Waals surface area contributed by atoms with Gasteiger partial charge >= 0.3 is 0 Å².